The van der Waals surface area contributed by atoms with Crippen LogP contribution < -0.4 is 0 Å². The number of H-pyrrole nitrogens is 1. The molecule has 1 aliphatic heterocycles. The van der Waals surface area contributed by atoms with Crippen molar-refractivity contribution in [3.8, 4) is 5.88 Å². The molecule has 3 rings (SSSR count). The molecule has 0 spiro atoms. The van der Waals surface area contributed by atoms with E-state index in [1.807, 2.05) is 0 Å². The van der Waals surface area contributed by atoms with Gasteiger partial charge in [-0.05, 0) is 30.1 Å². The van der Waals surface area contributed by atoms with Crippen LogP contribution in [-0.2, 0) is 0 Å². The van der Waals surface area contributed by atoms with E-state index < -0.39 is 12.1 Å². The standard InChI is InChI=1S/C12H11F3N2O/c13-12(14,15)10-7-5-9(18)17-8(7)4-6-2-1-3-16-11(6)10/h4-5,10,17-18H,1-3H2. The molecule has 3 nitrogen and oxygen atoms in total. The van der Waals surface area contributed by atoms with E-state index >= 15 is 0 Å². The zero-order valence-electron chi connectivity index (χ0n) is 9.38. The summed E-state index contributed by atoms with van der Waals surface area (Å²) < 4.78 is 39.6. The van der Waals surface area contributed by atoms with E-state index in [2.05, 4.69) is 9.98 Å². The van der Waals surface area contributed by atoms with Crippen molar-refractivity contribution in [2.75, 3.05) is 6.54 Å². The molecule has 0 bridgehead atoms. The van der Waals surface area contributed by atoms with Crippen LogP contribution in [0.15, 0.2) is 16.6 Å². The van der Waals surface area contributed by atoms with E-state index in [-0.39, 0.29) is 17.2 Å². The van der Waals surface area contributed by atoms with Crippen molar-refractivity contribution >= 4 is 11.8 Å². The van der Waals surface area contributed by atoms with Crippen LogP contribution in [0, 0.1) is 0 Å². The lowest BCUT2D eigenvalue weighted by Gasteiger charge is -2.29. The second kappa shape index (κ2) is 3.63. The highest BCUT2D eigenvalue weighted by atomic mass is 19.4. The molecule has 1 aromatic heterocycles. The third-order valence-electron chi connectivity index (χ3n) is 3.31. The molecule has 0 saturated heterocycles. The Balaban J connectivity index is 2.21. The summed E-state index contributed by atoms with van der Waals surface area (Å²) in [5.41, 5.74) is 1.13. The number of hydrogen-bond acceptors (Lipinski definition) is 2. The zero-order chi connectivity index (χ0) is 12.9. The minimum atomic E-state index is -4.39. The fourth-order valence-electron chi connectivity index (χ4n) is 2.60. The number of alkyl halides is 3. The molecule has 0 saturated carbocycles. The van der Waals surface area contributed by atoms with Crippen LogP contribution in [0.4, 0.5) is 13.2 Å². The molecule has 0 amide bonds. The maximum Gasteiger partial charge on any atom is 0.401 e. The van der Waals surface area contributed by atoms with Crippen LogP contribution in [-0.4, -0.2) is 28.5 Å². The summed E-state index contributed by atoms with van der Waals surface area (Å²) in [4.78, 5) is 6.60. The Hall–Kier alpha value is -1.72. The molecule has 1 atom stereocenters. The second-order valence-electron chi connectivity index (χ2n) is 4.54. The van der Waals surface area contributed by atoms with Crippen LogP contribution in [0.5, 0.6) is 5.88 Å². The van der Waals surface area contributed by atoms with Gasteiger partial charge in [0.1, 0.15) is 5.92 Å². The summed E-state index contributed by atoms with van der Waals surface area (Å²) in [5.74, 6) is -1.96. The lowest BCUT2D eigenvalue weighted by Crippen LogP contribution is -2.33. The average Bonchev–Trinajstić information content (AvgIpc) is 2.63. The first-order valence-electron chi connectivity index (χ1n) is 5.70. The van der Waals surface area contributed by atoms with Gasteiger partial charge in [-0.2, -0.15) is 13.2 Å². The molecule has 1 aromatic rings. The third-order valence-corrected chi connectivity index (χ3v) is 3.31. The minimum Gasteiger partial charge on any atom is -0.495 e. The summed E-state index contributed by atoms with van der Waals surface area (Å²) in [6, 6.07) is 1.14. The van der Waals surface area contributed by atoms with Gasteiger partial charge in [0, 0.05) is 18.3 Å². The van der Waals surface area contributed by atoms with Crippen LogP contribution in [0.2, 0.25) is 0 Å². The molecule has 1 unspecified atom stereocenters. The molecule has 0 radical (unpaired) electrons. The number of aromatic nitrogens is 1. The van der Waals surface area contributed by atoms with Crippen molar-refractivity contribution in [1.29, 1.82) is 0 Å². The number of aromatic hydroxyl groups is 1. The van der Waals surface area contributed by atoms with Crippen molar-refractivity contribution in [2.24, 2.45) is 4.99 Å². The number of allylic oxidation sites excluding steroid dienone is 1. The van der Waals surface area contributed by atoms with Crippen LogP contribution in [0.1, 0.15) is 30.0 Å². The van der Waals surface area contributed by atoms with E-state index in [0.717, 1.165) is 12.5 Å². The predicted octanol–water partition coefficient (Wildman–Crippen LogP) is 3.00. The molecule has 2 heterocycles. The molecule has 96 valence electrons. The summed E-state index contributed by atoms with van der Waals surface area (Å²) in [6.07, 6.45) is -1.36. The fourth-order valence-corrected chi connectivity index (χ4v) is 2.60. The third kappa shape index (κ3) is 1.63. The Morgan fingerprint density at radius 3 is 2.89 bits per heavy atom. The van der Waals surface area contributed by atoms with Gasteiger partial charge in [-0.1, -0.05) is 0 Å². The number of rotatable bonds is 0. The molecule has 6 heteroatoms. The molecule has 18 heavy (non-hydrogen) atoms. The van der Waals surface area contributed by atoms with Gasteiger partial charge in [0.15, 0.2) is 5.88 Å². The Morgan fingerprint density at radius 2 is 2.17 bits per heavy atom. The van der Waals surface area contributed by atoms with Gasteiger partial charge >= 0.3 is 6.18 Å². The van der Waals surface area contributed by atoms with Gasteiger partial charge in [-0.3, -0.25) is 4.99 Å². The Morgan fingerprint density at radius 1 is 1.39 bits per heavy atom. The monoisotopic (exact) mass is 256 g/mol. The highest BCUT2D eigenvalue weighted by molar-refractivity contribution is 6.11. The Kier molecular flexibility index (Phi) is 2.30. The van der Waals surface area contributed by atoms with Crippen LogP contribution >= 0.6 is 0 Å². The number of aromatic amines is 1. The smallest absolute Gasteiger partial charge is 0.401 e. The van der Waals surface area contributed by atoms with Gasteiger partial charge < -0.3 is 10.1 Å². The van der Waals surface area contributed by atoms with Gasteiger partial charge in [0.05, 0.1) is 5.71 Å². The van der Waals surface area contributed by atoms with Gasteiger partial charge in [0.2, 0.25) is 0 Å². The SMILES string of the molecule is Oc1cc2c([nH]1)C=C1CCCN=C1C2C(F)(F)F. The number of hydrogen-bond donors (Lipinski definition) is 2. The largest absolute Gasteiger partial charge is 0.495 e. The van der Waals surface area contributed by atoms with Crippen molar-refractivity contribution in [2.45, 2.75) is 24.9 Å². The average molecular weight is 256 g/mol. The predicted molar refractivity (Wildman–Crippen MR) is 60.8 cm³/mol. The van der Waals surface area contributed by atoms with Crippen molar-refractivity contribution in [1.82, 2.24) is 4.98 Å². The molecule has 0 fully saturated rings. The first-order valence-corrected chi connectivity index (χ1v) is 5.70. The van der Waals surface area contributed by atoms with E-state index in [9.17, 15) is 18.3 Å². The van der Waals surface area contributed by atoms with Crippen molar-refractivity contribution < 1.29 is 18.3 Å². The van der Waals surface area contributed by atoms with Gasteiger partial charge in [-0.15, -0.1) is 0 Å². The molecule has 0 aromatic carbocycles. The quantitative estimate of drug-likeness (QED) is 0.736. The molecular weight excluding hydrogens is 245 g/mol. The maximum atomic E-state index is 13.2. The number of halogens is 3. The molecule has 2 N–H and O–H groups in total. The van der Waals surface area contributed by atoms with E-state index in [1.165, 1.54) is 0 Å². The molecule has 1 aliphatic carbocycles. The number of aliphatic imine (C=N–C) groups is 1. The highest BCUT2D eigenvalue weighted by Crippen LogP contribution is 2.45. The van der Waals surface area contributed by atoms with Crippen molar-refractivity contribution in [3.05, 3.63) is 22.9 Å². The zero-order valence-corrected chi connectivity index (χ0v) is 9.38. The molecular formula is C12H11F3N2O. The van der Waals surface area contributed by atoms with Crippen LogP contribution in [0.25, 0.3) is 6.08 Å². The maximum absolute atomic E-state index is 13.2. The topological polar surface area (TPSA) is 48.4 Å². The highest BCUT2D eigenvalue weighted by Gasteiger charge is 2.48. The first kappa shape index (κ1) is 11.4. The minimum absolute atomic E-state index is 0.0596. The van der Waals surface area contributed by atoms with E-state index in [0.29, 0.717) is 24.2 Å². The summed E-state index contributed by atoms with van der Waals surface area (Å²) >= 11 is 0. The number of fused-ring (bicyclic) bond motifs is 2. The van der Waals surface area contributed by atoms with Gasteiger partial charge in [0.25, 0.3) is 0 Å². The van der Waals surface area contributed by atoms with E-state index in [4.69, 9.17) is 0 Å². The number of nitrogens with one attached hydrogen (secondary N) is 1. The first-order chi connectivity index (χ1) is 8.47. The summed E-state index contributed by atoms with van der Waals surface area (Å²) in [6.45, 7) is 0.436. The van der Waals surface area contributed by atoms with Crippen molar-refractivity contribution in [3.63, 3.8) is 0 Å². The fraction of sp³-hybridized carbons (Fsp3) is 0.417. The second-order valence-corrected chi connectivity index (χ2v) is 4.54. The van der Waals surface area contributed by atoms with E-state index in [1.54, 1.807) is 6.08 Å². The normalized spacial score (nSPS) is 22.9. The Labute approximate surface area is 101 Å². The number of nitrogens with zero attached hydrogens (tertiary/aromatic N) is 1. The lowest BCUT2D eigenvalue weighted by molar-refractivity contribution is -0.135. The molecule has 2 aliphatic rings. The summed E-state index contributed by atoms with van der Waals surface area (Å²) in [5, 5.41) is 9.35. The van der Waals surface area contributed by atoms with Gasteiger partial charge in [-0.25, -0.2) is 0 Å². The summed E-state index contributed by atoms with van der Waals surface area (Å²) in [7, 11) is 0. The lowest BCUT2D eigenvalue weighted by atomic mass is 9.81. The van der Waals surface area contributed by atoms with Crippen LogP contribution in [0.3, 0.4) is 0 Å². The Bertz CT molecular complexity index is 554.